The van der Waals surface area contributed by atoms with Crippen LogP contribution in [-0.2, 0) is 4.79 Å². The average Bonchev–Trinajstić information content (AvgIpc) is 2.20. The molecule has 0 bridgehead atoms. The molecule has 0 radical (unpaired) electrons. The maximum Gasteiger partial charge on any atom is 0.389 e. The monoisotopic (exact) mass is 245 g/mol. The van der Waals surface area contributed by atoms with Gasteiger partial charge in [-0.3, -0.25) is 4.79 Å². The minimum absolute atomic E-state index is 0.528. The summed E-state index contributed by atoms with van der Waals surface area (Å²) in [5.41, 5.74) is 2.58. The maximum atomic E-state index is 11.9. The normalized spacial score (nSPS) is 11.4. The van der Waals surface area contributed by atoms with Crippen LogP contribution in [-0.4, -0.2) is 12.1 Å². The van der Waals surface area contributed by atoms with Gasteiger partial charge in [-0.25, -0.2) is 0 Å². The zero-order chi connectivity index (χ0) is 13.1. The summed E-state index contributed by atoms with van der Waals surface area (Å²) in [6.45, 7) is 3.80. The third-order valence-corrected chi connectivity index (χ3v) is 2.43. The van der Waals surface area contributed by atoms with Crippen molar-refractivity contribution >= 4 is 11.6 Å². The first-order valence-electron chi connectivity index (χ1n) is 5.22. The fraction of sp³-hybridized carbons (Fsp3) is 0.417. The van der Waals surface area contributed by atoms with Crippen molar-refractivity contribution in [2.24, 2.45) is 0 Å². The number of hydrogen-bond donors (Lipinski definition) is 1. The van der Waals surface area contributed by atoms with E-state index in [9.17, 15) is 18.0 Å². The first-order valence-corrected chi connectivity index (χ1v) is 5.22. The quantitative estimate of drug-likeness (QED) is 0.866. The van der Waals surface area contributed by atoms with Crippen molar-refractivity contribution in [2.75, 3.05) is 5.32 Å². The van der Waals surface area contributed by atoms with E-state index in [0.717, 1.165) is 11.1 Å². The zero-order valence-corrected chi connectivity index (χ0v) is 9.69. The summed E-state index contributed by atoms with van der Waals surface area (Å²) in [6.07, 6.45) is -5.93. The molecule has 1 amide bonds. The van der Waals surface area contributed by atoms with Gasteiger partial charge in [0.1, 0.15) is 0 Å². The van der Waals surface area contributed by atoms with E-state index in [4.69, 9.17) is 0 Å². The molecule has 17 heavy (non-hydrogen) atoms. The number of alkyl halides is 3. The van der Waals surface area contributed by atoms with Gasteiger partial charge in [0.2, 0.25) is 5.91 Å². The van der Waals surface area contributed by atoms with Gasteiger partial charge in [0.15, 0.2) is 0 Å². The second-order valence-corrected chi connectivity index (χ2v) is 3.96. The molecule has 0 atom stereocenters. The molecule has 0 aromatic heterocycles. The Kier molecular flexibility index (Phi) is 4.15. The molecule has 1 N–H and O–H groups in total. The fourth-order valence-electron chi connectivity index (χ4n) is 1.30. The topological polar surface area (TPSA) is 29.1 Å². The number of halogens is 3. The third kappa shape index (κ3) is 4.89. The Balaban J connectivity index is 2.54. The Labute approximate surface area is 97.8 Å². The number of carbonyl (C=O) groups is 1. The van der Waals surface area contributed by atoms with E-state index in [-0.39, 0.29) is 0 Å². The van der Waals surface area contributed by atoms with E-state index in [2.05, 4.69) is 5.32 Å². The Morgan fingerprint density at radius 3 is 2.41 bits per heavy atom. The van der Waals surface area contributed by atoms with Crippen LogP contribution in [0.15, 0.2) is 18.2 Å². The molecule has 0 aliphatic heterocycles. The number of anilines is 1. The van der Waals surface area contributed by atoms with Crippen LogP contribution >= 0.6 is 0 Å². The highest BCUT2D eigenvalue weighted by Crippen LogP contribution is 2.22. The van der Waals surface area contributed by atoms with Crippen molar-refractivity contribution in [3.63, 3.8) is 0 Å². The highest BCUT2D eigenvalue weighted by Gasteiger charge is 2.27. The van der Waals surface area contributed by atoms with Crippen LogP contribution in [0.1, 0.15) is 24.0 Å². The van der Waals surface area contributed by atoms with Crippen LogP contribution in [0.5, 0.6) is 0 Å². The lowest BCUT2D eigenvalue weighted by Crippen LogP contribution is -2.16. The minimum Gasteiger partial charge on any atom is -0.326 e. The fourth-order valence-corrected chi connectivity index (χ4v) is 1.30. The van der Waals surface area contributed by atoms with Gasteiger partial charge in [-0.2, -0.15) is 13.2 Å². The van der Waals surface area contributed by atoms with Crippen molar-refractivity contribution < 1.29 is 18.0 Å². The van der Waals surface area contributed by atoms with Crippen LogP contribution < -0.4 is 5.32 Å². The Bertz CT molecular complexity index is 413. The highest BCUT2D eigenvalue weighted by molar-refractivity contribution is 5.90. The summed E-state index contributed by atoms with van der Waals surface area (Å²) in [6, 6.07) is 5.23. The Morgan fingerprint density at radius 2 is 1.88 bits per heavy atom. The molecule has 0 fully saturated rings. The molecule has 1 aromatic rings. The molecule has 1 rings (SSSR count). The van der Waals surface area contributed by atoms with Crippen molar-refractivity contribution in [2.45, 2.75) is 32.9 Å². The molecular formula is C12H14F3NO. The minimum atomic E-state index is -4.29. The van der Waals surface area contributed by atoms with Gasteiger partial charge in [0.05, 0.1) is 6.42 Å². The van der Waals surface area contributed by atoms with E-state index < -0.39 is 24.9 Å². The number of hydrogen-bond acceptors (Lipinski definition) is 1. The zero-order valence-electron chi connectivity index (χ0n) is 9.69. The van der Waals surface area contributed by atoms with E-state index in [1.807, 2.05) is 19.9 Å². The van der Waals surface area contributed by atoms with Crippen molar-refractivity contribution in [1.29, 1.82) is 0 Å². The molecule has 0 aliphatic carbocycles. The summed E-state index contributed by atoms with van der Waals surface area (Å²) in [5.74, 6) is -0.620. The predicted molar refractivity (Wildman–Crippen MR) is 59.8 cm³/mol. The van der Waals surface area contributed by atoms with Crippen LogP contribution in [0, 0.1) is 13.8 Å². The first kappa shape index (κ1) is 13.5. The van der Waals surface area contributed by atoms with Crippen LogP contribution in [0.4, 0.5) is 18.9 Å². The van der Waals surface area contributed by atoms with E-state index in [0.29, 0.717) is 5.69 Å². The highest BCUT2D eigenvalue weighted by atomic mass is 19.4. The molecule has 5 heteroatoms. The Morgan fingerprint density at radius 1 is 1.24 bits per heavy atom. The lowest BCUT2D eigenvalue weighted by atomic mass is 10.1. The first-order chi connectivity index (χ1) is 7.78. The van der Waals surface area contributed by atoms with E-state index in [1.54, 1.807) is 12.1 Å². The van der Waals surface area contributed by atoms with Gasteiger partial charge in [-0.15, -0.1) is 0 Å². The molecule has 0 heterocycles. The van der Waals surface area contributed by atoms with Gasteiger partial charge in [-0.05, 0) is 37.1 Å². The molecular weight excluding hydrogens is 231 g/mol. The lowest BCUT2D eigenvalue weighted by Gasteiger charge is -2.09. The molecule has 0 unspecified atom stereocenters. The lowest BCUT2D eigenvalue weighted by molar-refractivity contribution is -0.142. The van der Waals surface area contributed by atoms with Gasteiger partial charge < -0.3 is 5.32 Å². The van der Waals surface area contributed by atoms with E-state index in [1.165, 1.54) is 0 Å². The number of aryl methyl sites for hydroxylation is 2. The molecule has 0 saturated carbocycles. The predicted octanol–water partition coefficient (Wildman–Crippen LogP) is 3.58. The van der Waals surface area contributed by atoms with Gasteiger partial charge >= 0.3 is 6.18 Å². The maximum absolute atomic E-state index is 11.9. The largest absolute Gasteiger partial charge is 0.389 e. The molecule has 94 valence electrons. The SMILES string of the molecule is Cc1ccc(NC(=O)CCC(F)(F)F)cc1C. The number of amides is 1. The molecule has 0 spiro atoms. The molecule has 2 nitrogen and oxygen atoms in total. The standard InChI is InChI=1S/C12H14F3NO/c1-8-3-4-10(7-9(8)2)16-11(17)5-6-12(13,14)15/h3-4,7H,5-6H2,1-2H3,(H,16,17). The van der Waals surface area contributed by atoms with Crippen molar-refractivity contribution in [3.8, 4) is 0 Å². The Hall–Kier alpha value is -1.52. The molecule has 1 aromatic carbocycles. The van der Waals surface area contributed by atoms with E-state index >= 15 is 0 Å². The van der Waals surface area contributed by atoms with Gasteiger partial charge in [-0.1, -0.05) is 6.07 Å². The number of rotatable bonds is 3. The third-order valence-electron chi connectivity index (χ3n) is 2.43. The van der Waals surface area contributed by atoms with Crippen LogP contribution in [0.3, 0.4) is 0 Å². The average molecular weight is 245 g/mol. The second-order valence-electron chi connectivity index (χ2n) is 3.96. The smallest absolute Gasteiger partial charge is 0.326 e. The molecule has 0 saturated heterocycles. The van der Waals surface area contributed by atoms with Gasteiger partial charge in [0.25, 0.3) is 0 Å². The summed E-state index contributed by atoms with van der Waals surface area (Å²) >= 11 is 0. The summed E-state index contributed by atoms with van der Waals surface area (Å²) in [4.78, 5) is 11.2. The summed E-state index contributed by atoms with van der Waals surface area (Å²) in [7, 11) is 0. The van der Waals surface area contributed by atoms with Crippen LogP contribution in [0.25, 0.3) is 0 Å². The summed E-state index contributed by atoms with van der Waals surface area (Å²) < 4.78 is 35.7. The van der Waals surface area contributed by atoms with Gasteiger partial charge in [0, 0.05) is 12.1 Å². The number of benzene rings is 1. The number of nitrogens with one attached hydrogen (secondary N) is 1. The van der Waals surface area contributed by atoms with Crippen molar-refractivity contribution in [1.82, 2.24) is 0 Å². The molecule has 0 aliphatic rings. The van der Waals surface area contributed by atoms with Crippen LogP contribution in [0.2, 0.25) is 0 Å². The number of carbonyl (C=O) groups excluding carboxylic acids is 1. The van der Waals surface area contributed by atoms with Crippen molar-refractivity contribution in [3.05, 3.63) is 29.3 Å². The summed E-state index contributed by atoms with van der Waals surface area (Å²) in [5, 5.41) is 2.44. The second kappa shape index (κ2) is 5.21.